The van der Waals surface area contributed by atoms with Gasteiger partial charge in [0.15, 0.2) is 5.54 Å². The van der Waals surface area contributed by atoms with E-state index in [0.717, 1.165) is 30.6 Å². The number of fused-ring (bicyclic) bond motifs is 1. The summed E-state index contributed by atoms with van der Waals surface area (Å²) in [5.41, 5.74) is 6.09. The smallest absolute Gasteiger partial charge is 0.333 e. The SMILES string of the molecule is CCc1cc2c(o1)C(N)(C(=O)OC)CCC2. The van der Waals surface area contributed by atoms with Crippen LogP contribution in [0.5, 0.6) is 0 Å². The van der Waals surface area contributed by atoms with Crippen LogP contribution in [0.1, 0.15) is 36.8 Å². The molecule has 4 nitrogen and oxygen atoms in total. The molecule has 1 heterocycles. The molecule has 0 aliphatic heterocycles. The van der Waals surface area contributed by atoms with Gasteiger partial charge in [-0.3, -0.25) is 0 Å². The van der Waals surface area contributed by atoms with Gasteiger partial charge >= 0.3 is 5.97 Å². The van der Waals surface area contributed by atoms with Crippen LogP contribution >= 0.6 is 0 Å². The number of hydrogen-bond donors (Lipinski definition) is 1. The number of carbonyl (C=O) groups is 1. The van der Waals surface area contributed by atoms with Crippen molar-refractivity contribution in [2.75, 3.05) is 7.11 Å². The van der Waals surface area contributed by atoms with Gasteiger partial charge in [-0.2, -0.15) is 0 Å². The van der Waals surface area contributed by atoms with Crippen molar-refractivity contribution in [2.24, 2.45) is 5.73 Å². The summed E-state index contributed by atoms with van der Waals surface area (Å²) in [5, 5.41) is 0. The minimum atomic E-state index is -1.09. The van der Waals surface area contributed by atoms with E-state index >= 15 is 0 Å². The first kappa shape index (κ1) is 11.2. The summed E-state index contributed by atoms with van der Waals surface area (Å²) < 4.78 is 10.4. The highest BCUT2D eigenvalue weighted by Crippen LogP contribution is 2.36. The molecule has 2 N–H and O–H groups in total. The zero-order valence-corrected chi connectivity index (χ0v) is 9.71. The summed E-state index contributed by atoms with van der Waals surface area (Å²) in [5.74, 6) is 1.07. The van der Waals surface area contributed by atoms with Gasteiger partial charge in [-0.1, -0.05) is 6.92 Å². The number of esters is 1. The molecule has 1 aromatic rings. The average Bonchev–Trinajstić information content (AvgIpc) is 2.72. The number of methoxy groups -OCH3 is 1. The number of furan rings is 1. The van der Waals surface area contributed by atoms with E-state index in [1.165, 1.54) is 7.11 Å². The maximum absolute atomic E-state index is 11.7. The van der Waals surface area contributed by atoms with Crippen LogP contribution < -0.4 is 5.73 Å². The Hall–Kier alpha value is -1.29. The molecule has 1 unspecified atom stereocenters. The van der Waals surface area contributed by atoms with Crippen molar-refractivity contribution >= 4 is 5.97 Å². The lowest BCUT2D eigenvalue weighted by Crippen LogP contribution is -2.47. The molecule has 0 saturated heterocycles. The molecule has 0 fully saturated rings. The fraction of sp³-hybridized carbons (Fsp3) is 0.583. The number of nitrogens with two attached hydrogens (primary N) is 1. The molecule has 16 heavy (non-hydrogen) atoms. The molecule has 1 aromatic heterocycles. The van der Waals surface area contributed by atoms with Gasteiger partial charge < -0.3 is 14.9 Å². The number of rotatable bonds is 2. The fourth-order valence-corrected chi connectivity index (χ4v) is 2.27. The van der Waals surface area contributed by atoms with Crippen LogP contribution in [0.15, 0.2) is 10.5 Å². The van der Waals surface area contributed by atoms with Gasteiger partial charge in [-0.25, -0.2) is 4.79 Å². The zero-order valence-electron chi connectivity index (χ0n) is 9.71. The van der Waals surface area contributed by atoms with Crippen LogP contribution in [0, 0.1) is 0 Å². The normalized spacial score (nSPS) is 23.9. The van der Waals surface area contributed by atoms with Crippen LogP contribution in [-0.2, 0) is 27.9 Å². The van der Waals surface area contributed by atoms with E-state index < -0.39 is 11.5 Å². The largest absolute Gasteiger partial charge is 0.467 e. The van der Waals surface area contributed by atoms with Gasteiger partial charge in [0.1, 0.15) is 11.5 Å². The van der Waals surface area contributed by atoms with Crippen molar-refractivity contribution in [3.05, 3.63) is 23.2 Å². The highest BCUT2D eigenvalue weighted by Gasteiger charge is 2.44. The molecule has 1 aliphatic carbocycles. The molecule has 1 atom stereocenters. The highest BCUT2D eigenvalue weighted by molar-refractivity contribution is 5.82. The first-order chi connectivity index (χ1) is 7.61. The molecule has 0 amide bonds. The van der Waals surface area contributed by atoms with Crippen LogP contribution in [-0.4, -0.2) is 13.1 Å². The van der Waals surface area contributed by atoms with E-state index in [-0.39, 0.29) is 0 Å². The molecule has 0 saturated carbocycles. The predicted octanol–water partition coefficient (Wildman–Crippen LogP) is 1.51. The summed E-state index contributed by atoms with van der Waals surface area (Å²) in [4.78, 5) is 11.7. The van der Waals surface area contributed by atoms with E-state index in [1.54, 1.807) is 0 Å². The van der Waals surface area contributed by atoms with E-state index in [2.05, 4.69) is 0 Å². The maximum Gasteiger partial charge on any atom is 0.333 e. The Morgan fingerprint density at radius 2 is 2.44 bits per heavy atom. The Kier molecular flexibility index (Phi) is 2.76. The van der Waals surface area contributed by atoms with Crippen molar-refractivity contribution in [2.45, 2.75) is 38.1 Å². The number of aryl methyl sites for hydroxylation is 2. The van der Waals surface area contributed by atoms with Gasteiger partial charge in [0.25, 0.3) is 0 Å². The van der Waals surface area contributed by atoms with Gasteiger partial charge in [-0.15, -0.1) is 0 Å². The third kappa shape index (κ3) is 1.53. The standard InChI is InChI=1S/C12H17NO3/c1-3-9-7-8-5-4-6-12(13,10(8)16-9)11(14)15-2/h7H,3-6,13H2,1-2H3. The summed E-state index contributed by atoms with van der Waals surface area (Å²) in [7, 11) is 1.36. The van der Waals surface area contributed by atoms with Crippen LogP contribution in [0.4, 0.5) is 0 Å². The quantitative estimate of drug-likeness (QED) is 0.772. The average molecular weight is 223 g/mol. The summed E-state index contributed by atoms with van der Waals surface area (Å²) in [6, 6.07) is 2.00. The Morgan fingerprint density at radius 3 is 3.06 bits per heavy atom. The van der Waals surface area contributed by atoms with Gasteiger partial charge in [0, 0.05) is 6.42 Å². The van der Waals surface area contributed by atoms with E-state index in [4.69, 9.17) is 14.9 Å². The zero-order chi connectivity index (χ0) is 11.8. The van der Waals surface area contributed by atoms with Gasteiger partial charge in [0.2, 0.25) is 0 Å². The van der Waals surface area contributed by atoms with Crippen molar-refractivity contribution in [3.63, 3.8) is 0 Å². The lowest BCUT2D eigenvalue weighted by molar-refractivity contribution is -0.148. The van der Waals surface area contributed by atoms with Crippen molar-refractivity contribution in [1.82, 2.24) is 0 Å². The summed E-state index contributed by atoms with van der Waals surface area (Å²) >= 11 is 0. The third-order valence-electron chi connectivity index (χ3n) is 3.18. The Balaban J connectivity index is 2.46. The van der Waals surface area contributed by atoms with Crippen LogP contribution in [0.2, 0.25) is 0 Å². The maximum atomic E-state index is 11.7. The molecule has 0 bridgehead atoms. The minimum Gasteiger partial charge on any atom is -0.467 e. The second kappa shape index (κ2) is 3.94. The molecule has 2 rings (SSSR count). The molecular formula is C12H17NO3. The van der Waals surface area contributed by atoms with Gasteiger partial charge in [0.05, 0.1) is 7.11 Å². The predicted molar refractivity (Wildman–Crippen MR) is 58.9 cm³/mol. The number of ether oxygens (including phenoxy) is 1. The van der Waals surface area contributed by atoms with Crippen LogP contribution in [0.3, 0.4) is 0 Å². The molecule has 88 valence electrons. The third-order valence-corrected chi connectivity index (χ3v) is 3.18. The molecule has 0 radical (unpaired) electrons. The van der Waals surface area contributed by atoms with E-state index in [1.807, 2.05) is 13.0 Å². The molecular weight excluding hydrogens is 206 g/mol. The Morgan fingerprint density at radius 1 is 1.69 bits per heavy atom. The lowest BCUT2D eigenvalue weighted by atomic mass is 9.82. The first-order valence-corrected chi connectivity index (χ1v) is 5.61. The first-order valence-electron chi connectivity index (χ1n) is 5.61. The molecule has 1 aliphatic rings. The van der Waals surface area contributed by atoms with Crippen molar-refractivity contribution in [3.8, 4) is 0 Å². The topological polar surface area (TPSA) is 65.5 Å². The summed E-state index contributed by atoms with van der Waals surface area (Å²) in [6.07, 6.45) is 3.21. The highest BCUT2D eigenvalue weighted by atomic mass is 16.5. The summed E-state index contributed by atoms with van der Waals surface area (Å²) in [6.45, 7) is 2.01. The monoisotopic (exact) mass is 223 g/mol. The number of carbonyl (C=O) groups excluding carboxylic acids is 1. The molecule has 4 heteroatoms. The van der Waals surface area contributed by atoms with Gasteiger partial charge in [-0.05, 0) is 30.9 Å². The van der Waals surface area contributed by atoms with Crippen molar-refractivity contribution < 1.29 is 13.9 Å². The van der Waals surface area contributed by atoms with E-state index in [0.29, 0.717) is 12.2 Å². The van der Waals surface area contributed by atoms with E-state index in [9.17, 15) is 4.79 Å². The fourth-order valence-electron chi connectivity index (χ4n) is 2.27. The molecule has 0 aromatic carbocycles. The van der Waals surface area contributed by atoms with Crippen LogP contribution in [0.25, 0.3) is 0 Å². The second-order valence-electron chi connectivity index (χ2n) is 4.24. The van der Waals surface area contributed by atoms with Crippen molar-refractivity contribution in [1.29, 1.82) is 0 Å². The Labute approximate surface area is 94.8 Å². The minimum absolute atomic E-state index is 0.412. The number of hydrogen-bond acceptors (Lipinski definition) is 4. The second-order valence-corrected chi connectivity index (χ2v) is 4.24. The molecule has 0 spiro atoms. The lowest BCUT2D eigenvalue weighted by Gasteiger charge is -2.28. The Bertz CT molecular complexity index is 410.